The summed E-state index contributed by atoms with van der Waals surface area (Å²) in [5.74, 6) is -0.532. The molecule has 3 unspecified atom stereocenters. The molecule has 114 valence electrons. The van der Waals surface area contributed by atoms with Crippen LogP contribution in [0.5, 0.6) is 0 Å². The maximum absolute atomic E-state index is 12.2. The zero-order chi connectivity index (χ0) is 14.7. The maximum Gasteiger partial charge on any atom is 0.339 e. The van der Waals surface area contributed by atoms with Crippen LogP contribution in [0.25, 0.3) is 0 Å². The van der Waals surface area contributed by atoms with E-state index in [9.17, 15) is 9.90 Å². The Labute approximate surface area is 125 Å². The normalized spacial score (nSPS) is 27.1. The highest BCUT2D eigenvalue weighted by molar-refractivity contribution is 5.76. The molecule has 0 amide bonds. The van der Waals surface area contributed by atoms with Crippen LogP contribution in [0.3, 0.4) is 0 Å². The lowest BCUT2D eigenvalue weighted by molar-refractivity contribution is -0.162. The Morgan fingerprint density at radius 3 is 2.57 bits per heavy atom. The van der Waals surface area contributed by atoms with Crippen LogP contribution in [-0.4, -0.2) is 29.3 Å². The van der Waals surface area contributed by atoms with Crippen molar-refractivity contribution in [3.63, 3.8) is 0 Å². The van der Waals surface area contributed by atoms with Gasteiger partial charge in [0.2, 0.25) is 0 Å². The minimum absolute atomic E-state index is 0.106. The second kappa shape index (κ2) is 6.58. The summed E-state index contributed by atoms with van der Waals surface area (Å²) in [5.41, 5.74) is 0.588. The molecule has 1 aromatic carbocycles. The molecule has 2 fully saturated rings. The van der Waals surface area contributed by atoms with Gasteiger partial charge >= 0.3 is 5.97 Å². The van der Waals surface area contributed by atoms with Crippen molar-refractivity contribution in [2.75, 3.05) is 0 Å². The average Bonchev–Trinajstić information content (AvgIpc) is 3.33. The first-order valence-corrected chi connectivity index (χ1v) is 7.93. The molecular weight excluding hydrogens is 266 g/mol. The first kappa shape index (κ1) is 14.5. The number of carbonyl (C=O) groups excluding carboxylic acids is 1. The smallest absolute Gasteiger partial charge is 0.339 e. The van der Waals surface area contributed by atoms with Crippen LogP contribution in [-0.2, 0) is 9.53 Å². The first-order chi connectivity index (χ1) is 10.2. The second-order valence-electron chi connectivity index (χ2n) is 6.12. The van der Waals surface area contributed by atoms with Gasteiger partial charge in [-0.25, -0.2) is 4.79 Å². The molecule has 3 atom stereocenters. The summed E-state index contributed by atoms with van der Waals surface area (Å²) in [5, 5.41) is 13.7. The lowest BCUT2D eigenvalue weighted by atomic mass is 9.92. The van der Waals surface area contributed by atoms with Gasteiger partial charge in [-0.3, -0.25) is 0 Å². The average molecular weight is 289 g/mol. The highest BCUT2D eigenvalue weighted by Crippen LogP contribution is 2.27. The summed E-state index contributed by atoms with van der Waals surface area (Å²) in [4.78, 5) is 12.2. The van der Waals surface area contributed by atoms with Crippen LogP contribution < -0.4 is 5.32 Å². The lowest BCUT2D eigenvalue weighted by Crippen LogP contribution is -2.45. The third-order valence-electron chi connectivity index (χ3n) is 4.34. The largest absolute Gasteiger partial charge is 0.459 e. The quantitative estimate of drug-likeness (QED) is 0.817. The van der Waals surface area contributed by atoms with Crippen molar-refractivity contribution in [3.8, 4) is 0 Å². The highest BCUT2D eigenvalue weighted by atomic mass is 16.6. The number of rotatable bonds is 5. The lowest BCUT2D eigenvalue weighted by Gasteiger charge is -2.32. The van der Waals surface area contributed by atoms with Gasteiger partial charge in [-0.15, -0.1) is 0 Å². The van der Waals surface area contributed by atoms with Crippen molar-refractivity contribution in [1.29, 1.82) is 0 Å². The molecule has 0 heterocycles. The van der Waals surface area contributed by atoms with Gasteiger partial charge in [-0.1, -0.05) is 36.8 Å². The van der Waals surface area contributed by atoms with Crippen LogP contribution in [0.4, 0.5) is 0 Å². The summed E-state index contributed by atoms with van der Waals surface area (Å²) in [6.45, 7) is 0. The van der Waals surface area contributed by atoms with Crippen molar-refractivity contribution in [3.05, 3.63) is 35.9 Å². The van der Waals surface area contributed by atoms with Crippen molar-refractivity contribution in [2.24, 2.45) is 0 Å². The van der Waals surface area contributed by atoms with Gasteiger partial charge in [0.25, 0.3) is 0 Å². The number of hydrogen-bond acceptors (Lipinski definition) is 4. The van der Waals surface area contributed by atoms with E-state index in [-0.39, 0.29) is 12.1 Å². The third kappa shape index (κ3) is 3.83. The molecule has 3 rings (SSSR count). The van der Waals surface area contributed by atoms with E-state index in [1.807, 2.05) is 18.2 Å². The standard InChI is InChI=1S/C17H23NO3/c19-16(12-6-2-1-3-7-12)17(20)21-15-9-5-4-8-14(15)18-13-10-11-13/h1-3,6-7,13-16,18-19H,4-5,8-11H2. The minimum atomic E-state index is -1.19. The molecule has 1 aromatic rings. The monoisotopic (exact) mass is 289 g/mol. The fourth-order valence-corrected chi connectivity index (χ4v) is 2.97. The van der Waals surface area contributed by atoms with Crippen molar-refractivity contribution in [1.82, 2.24) is 5.32 Å². The van der Waals surface area contributed by atoms with Gasteiger partial charge in [0, 0.05) is 12.1 Å². The zero-order valence-electron chi connectivity index (χ0n) is 12.2. The second-order valence-corrected chi connectivity index (χ2v) is 6.12. The number of aliphatic hydroxyl groups is 1. The van der Waals surface area contributed by atoms with E-state index in [1.165, 1.54) is 19.3 Å². The van der Waals surface area contributed by atoms with Gasteiger partial charge in [0.15, 0.2) is 6.10 Å². The summed E-state index contributed by atoms with van der Waals surface area (Å²) in [7, 11) is 0. The third-order valence-corrected chi connectivity index (χ3v) is 4.34. The molecule has 2 N–H and O–H groups in total. The molecule has 0 spiro atoms. The molecule has 4 heteroatoms. The van der Waals surface area contributed by atoms with Gasteiger partial charge in [0.1, 0.15) is 6.10 Å². The summed E-state index contributed by atoms with van der Waals surface area (Å²) < 4.78 is 5.60. The Morgan fingerprint density at radius 2 is 1.86 bits per heavy atom. The minimum Gasteiger partial charge on any atom is -0.459 e. The van der Waals surface area contributed by atoms with E-state index in [2.05, 4.69) is 5.32 Å². The van der Waals surface area contributed by atoms with Crippen LogP contribution >= 0.6 is 0 Å². The van der Waals surface area contributed by atoms with Crippen LogP contribution in [0.1, 0.15) is 50.2 Å². The summed E-state index contributed by atoms with van der Waals surface area (Å²) in [6.07, 6.45) is 5.36. The Kier molecular flexibility index (Phi) is 4.56. The molecule has 4 nitrogen and oxygen atoms in total. The maximum atomic E-state index is 12.2. The van der Waals surface area contributed by atoms with Crippen LogP contribution in [0.2, 0.25) is 0 Å². The summed E-state index contributed by atoms with van der Waals surface area (Å²) >= 11 is 0. The number of benzene rings is 1. The Hall–Kier alpha value is -1.39. The van der Waals surface area contributed by atoms with Gasteiger partial charge < -0.3 is 15.2 Å². The molecule has 0 saturated heterocycles. The molecule has 0 radical (unpaired) electrons. The number of ether oxygens (including phenoxy) is 1. The number of hydrogen-bond donors (Lipinski definition) is 2. The van der Waals surface area contributed by atoms with E-state index in [1.54, 1.807) is 12.1 Å². The Morgan fingerprint density at radius 1 is 1.14 bits per heavy atom. The molecule has 0 bridgehead atoms. The summed E-state index contributed by atoms with van der Waals surface area (Å²) in [6, 6.07) is 9.82. The molecule has 2 saturated carbocycles. The Bertz CT molecular complexity index is 472. The number of nitrogens with one attached hydrogen (secondary N) is 1. The molecule has 0 aromatic heterocycles. The van der Waals surface area contributed by atoms with E-state index < -0.39 is 12.1 Å². The van der Waals surface area contributed by atoms with E-state index in [0.717, 1.165) is 19.3 Å². The zero-order valence-corrected chi connectivity index (χ0v) is 12.2. The topological polar surface area (TPSA) is 58.6 Å². The van der Waals surface area contributed by atoms with Crippen LogP contribution in [0, 0.1) is 0 Å². The molecule has 2 aliphatic carbocycles. The number of esters is 1. The predicted molar refractivity (Wildman–Crippen MR) is 79.7 cm³/mol. The molecule has 0 aliphatic heterocycles. The van der Waals surface area contributed by atoms with Crippen molar-refractivity contribution in [2.45, 2.75) is 62.8 Å². The van der Waals surface area contributed by atoms with Crippen molar-refractivity contribution < 1.29 is 14.6 Å². The van der Waals surface area contributed by atoms with Crippen molar-refractivity contribution >= 4 is 5.97 Å². The Balaban J connectivity index is 1.59. The van der Waals surface area contributed by atoms with Gasteiger partial charge in [-0.05, 0) is 37.7 Å². The van der Waals surface area contributed by atoms with Crippen LogP contribution in [0.15, 0.2) is 30.3 Å². The van der Waals surface area contributed by atoms with E-state index in [4.69, 9.17) is 4.74 Å². The predicted octanol–water partition coefficient (Wildman–Crippen LogP) is 2.33. The fraction of sp³-hybridized carbons (Fsp3) is 0.588. The fourth-order valence-electron chi connectivity index (χ4n) is 2.97. The number of aliphatic hydroxyl groups excluding tert-OH is 1. The first-order valence-electron chi connectivity index (χ1n) is 7.93. The van der Waals surface area contributed by atoms with E-state index in [0.29, 0.717) is 11.6 Å². The highest BCUT2D eigenvalue weighted by Gasteiger charge is 2.34. The SMILES string of the molecule is O=C(OC1CCCCC1NC1CC1)C(O)c1ccccc1. The van der Waals surface area contributed by atoms with E-state index >= 15 is 0 Å². The molecule has 2 aliphatic rings. The molecule has 21 heavy (non-hydrogen) atoms. The van der Waals surface area contributed by atoms with Gasteiger partial charge in [0.05, 0.1) is 0 Å². The van der Waals surface area contributed by atoms with Gasteiger partial charge in [-0.2, -0.15) is 0 Å². The number of carbonyl (C=O) groups is 1. The molecular formula is C17H23NO3.